The van der Waals surface area contributed by atoms with Crippen molar-refractivity contribution in [3.8, 4) is 16.3 Å². The largest absolute Gasteiger partial charge is 0.494 e. The summed E-state index contributed by atoms with van der Waals surface area (Å²) in [6.07, 6.45) is 5.32. The molecule has 0 aliphatic rings. The average Bonchev–Trinajstić information content (AvgIpc) is 3.40. The number of hydrogen-bond donors (Lipinski definition) is 2. The van der Waals surface area contributed by atoms with Gasteiger partial charge in [-0.1, -0.05) is 30.3 Å². The molecule has 146 valence electrons. The van der Waals surface area contributed by atoms with Gasteiger partial charge in [0.15, 0.2) is 5.88 Å². The Labute approximate surface area is 176 Å². The Hall–Kier alpha value is -3.84. The molecule has 0 unspecified atom stereocenters. The van der Waals surface area contributed by atoms with Crippen molar-refractivity contribution in [1.29, 1.82) is 0 Å². The van der Waals surface area contributed by atoms with Crippen molar-refractivity contribution in [2.75, 3.05) is 0 Å². The van der Waals surface area contributed by atoms with Crippen LogP contribution in [0.3, 0.4) is 0 Å². The zero-order chi connectivity index (χ0) is 20.5. The highest BCUT2D eigenvalue weighted by atomic mass is 32.1. The number of fused-ring (bicyclic) bond motifs is 1. The fourth-order valence-corrected chi connectivity index (χ4v) is 3.98. The Kier molecular flexibility index (Phi) is 4.57. The smallest absolute Gasteiger partial charge is 0.200 e. The maximum absolute atomic E-state index is 10.8. The van der Waals surface area contributed by atoms with Crippen molar-refractivity contribution < 1.29 is 5.11 Å². The predicted molar refractivity (Wildman–Crippen MR) is 120 cm³/mol. The van der Waals surface area contributed by atoms with E-state index in [1.165, 1.54) is 0 Å². The minimum absolute atomic E-state index is 0.0346. The molecule has 30 heavy (non-hydrogen) atoms. The van der Waals surface area contributed by atoms with Gasteiger partial charge >= 0.3 is 0 Å². The van der Waals surface area contributed by atoms with E-state index in [1.807, 2.05) is 61.7 Å². The van der Waals surface area contributed by atoms with E-state index in [-0.39, 0.29) is 5.88 Å². The molecule has 0 fully saturated rings. The third-order valence-corrected chi connectivity index (χ3v) is 5.57. The number of aromatic hydroxyl groups is 1. The van der Waals surface area contributed by atoms with Gasteiger partial charge in [0.2, 0.25) is 0 Å². The van der Waals surface area contributed by atoms with Gasteiger partial charge in [0.1, 0.15) is 5.65 Å². The Morgan fingerprint density at radius 1 is 1.07 bits per heavy atom. The molecule has 0 saturated heterocycles. The summed E-state index contributed by atoms with van der Waals surface area (Å²) in [5.74, 6) is 0.0346. The minimum atomic E-state index is 0.0346. The van der Waals surface area contributed by atoms with Gasteiger partial charge < -0.3 is 10.1 Å². The SMILES string of the molecule is Cc1cc(N=C(c2ccccc2)c2c(O)[nH]c3ncc(-c4cncs4)cc23)ccn1. The Morgan fingerprint density at radius 3 is 2.70 bits per heavy atom. The molecule has 0 amide bonds. The lowest BCUT2D eigenvalue weighted by Crippen LogP contribution is -2.03. The van der Waals surface area contributed by atoms with Crippen molar-refractivity contribution >= 4 is 33.8 Å². The fourth-order valence-electron chi connectivity index (χ4n) is 3.38. The summed E-state index contributed by atoms with van der Waals surface area (Å²) < 4.78 is 0. The molecule has 2 N–H and O–H groups in total. The molecule has 7 heteroatoms. The molecule has 1 aromatic carbocycles. The van der Waals surface area contributed by atoms with E-state index in [4.69, 9.17) is 4.99 Å². The highest BCUT2D eigenvalue weighted by Crippen LogP contribution is 2.33. The lowest BCUT2D eigenvalue weighted by atomic mass is 10.0. The number of benzene rings is 1. The number of hydrogen-bond acceptors (Lipinski definition) is 6. The number of nitrogens with one attached hydrogen (secondary N) is 1. The Balaban J connectivity index is 1.77. The molecule has 0 bridgehead atoms. The first-order valence-electron chi connectivity index (χ1n) is 9.36. The van der Waals surface area contributed by atoms with Crippen LogP contribution < -0.4 is 0 Å². The number of pyridine rings is 2. The maximum Gasteiger partial charge on any atom is 0.200 e. The van der Waals surface area contributed by atoms with E-state index in [9.17, 15) is 5.11 Å². The van der Waals surface area contributed by atoms with Crippen molar-refractivity contribution in [3.63, 3.8) is 0 Å². The van der Waals surface area contributed by atoms with Crippen molar-refractivity contribution in [3.05, 3.63) is 89.5 Å². The van der Waals surface area contributed by atoms with Gasteiger partial charge in [0.25, 0.3) is 0 Å². The van der Waals surface area contributed by atoms with Crippen molar-refractivity contribution in [2.45, 2.75) is 6.92 Å². The van der Waals surface area contributed by atoms with Gasteiger partial charge in [-0.3, -0.25) is 9.97 Å². The van der Waals surface area contributed by atoms with Crippen LogP contribution in [0, 0.1) is 6.92 Å². The topological polar surface area (TPSA) is 87.0 Å². The Bertz CT molecular complexity index is 1360. The summed E-state index contributed by atoms with van der Waals surface area (Å²) in [6.45, 7) is 1.93. The highest BCUT2D eigenvalue weighted by Gasteiger charge is 2.20. The second-order valence-corrected chi connectivity index (χ2v) is 7.70. The third-order valence-electron chi connectivity index (χ3n) is 4.75. The predicted octanol–water partition coefficient (Wildman–Crippen LogP) is 5.26. The van der Waals surface area contributed by atoms with E-state index >= 15 is 0 Å². The molecule has 0 radical (unpaired) electrons. The molecule has 0 saturated carbocycles. The summed E-state index contributed by atoms with van der Waals surface area (Å²) in [5.41, 5.74) is 7.15. The van der Waals surface area contributed by atoms with Gasteiger partial charge in [-0.25, -0.2) is 9.98 Å². The number of aryl methyl sites for hydroxylation is 1. The molecule has 4 aromatic heterocycles. The molecule has 0 atom stereocenters. The van der Waals surface area contributed by atoms with Crippen LogP contribution in [-0.2, 0) is 0 Å². The molecular formula is C23H17N5OS. The molecule has 0 spiro atoms. The van der Waals surface area contributed by atoms with Crippen LogP contribution in [-0.4, -0.2) is 30.8 Å². The maximum atomic E-state index is 10.8. The standard InChI is InChI=1S/C23H17N5OS/c1-14-9-17(7-8-25-14)27-21(15-5-3-2-4-6-15)20-18-10-16(19-12-24-13-30-19)11-26-22(18)28-23(20)29/h2-13,29H,1H3,(H,26,28). The van der Waals surface area contributed by atoms with Crippen LogP contribution in [0.1, 0.15) is 16.8 Å². The number of nitrogens with zero attached hydrogens (tertiary/aromatic N) is 4. The Morgan fingerprint density at radius 2 is 1.93 bits per heavy atom. The van der Waals surface area contributed by atoms with Crippen LogP contribution >= 0.6 is 11.3 Å². The van der Waals surface area contributed by atoms with Crippen molar-refractivity contribution in [1.82, 2.24) is 19.9 Å². The molecule has 4 heterocycles. The first-order chi connectivity index (χ1) is 14.7. The number of aromatic nitrogens is 4. The lowest BCUT2D eigenvalue weighted by Gasteiger charge is -2.08. The van der Waals surface area contributed by atoms with E-state index in [0.717, 1.165) is 32.8 Å². The van der Waals surface area contributed by atoms with E-state index in [0.29, 0.717) is 16.9 Å². The first kappa shape index (κ1) is 18.2. The van der Waals surface area contributed by atoms with Crippen molar-refractivity contribution in [2.24, 2.45) is 4.99 Å². The molecular weight excluding hydrogens is 394 g/mol. The van der Waals surface area contributed by atoms with Crippen LogP contribution in [0.25, 0.3) is 21.5 Å². The fraction of sp³-hybridized carbons (Fsp3) is 0.0435. The van der Waals surface area contributed by atoms with Gasteiger partial charge in [0, 0.05) is 40.8 Å². The lowest BCUT2D eigenvalue weighted by molar-refractivity contribution is 0.457. The summed E-state index contributed by atoms with van der Waals surface area (Å²) in [4.78, 5) is 21.8. The van der Waals surface area contributed by atoms with Gasteiger partial charge in [0.05, 0.1) is 27.4 Å². The number of aliphatic imine (C=N–C) groups is 1. The summed E-state index contributed by atoms with van der Waals surface area (Å²) in [7, 11) is 0. The van der Waals surface area contributed by atoms with Crippen LogP contribution in [0.15, 0.2) is 77.6 Å². The van der Waals surface area contributed by atoms with E-state index in [2.05, 4.69) is 19.9 Å². The van der Waals surface area contributed by atoms with E-state index in [1.54, 1.807) is 29.2 Å². The van der Waals surface area contributed by atoms with Gasteiger partial charge in [-0.2, -0.15) is 0 Å². The molecule has 5 rings (SSSR count). The summed E-state index contributed by atoms with van der Waals surface area (Å²) >= 11 is 1.55. The van der Waals surface area contributed by atoms with Gasteiger partial charge in [-0.15, -0.1) is 11.3 Å². The summed E-state index contributed by atoms with van der Waals surface area (Å²) in [6, 6.07) is 15.6. The third kappa shape index (κ3) is 3.35. The monoisotopic (exact) mass is 411 g/mol. The van der Waals surface area contributed by atoms with Gasteiger partial charge in [-0.05, 0) is 25.1 Å². The zero-order valence-electron chi connectivity index (χ0n) is 16.1. The normalized spacial score (nSPS) is 11.8. The molecule has 0 aliphatic carbocycles. The second kappa shape index (κ2) is 7.53. The quantitative estimate of drug-likeness (QED) is 0.395. The molecule has 5 aromatic rings. The minimum Gasteiger partial charge on any atom is -0.494 e. The average molecular weight is 411 g/mol. The van der Waals surface area contributed by atoms with Crippen LogP contribution in [0.5, 0.6) is 5.88 Å². The molecule has 0 aliphatic heterocycles. The number of rotatable bonds is 4. The van der Waals surface area contributed by atoms with Crippen LogP contribution in [0.4, 0.5) is 5.69 Å². The zero-order valence-corrected chi connectivity index (χ0v) is 16.9. The highest BCUT2D eigenvalue weighted by molar-refractivity contribution is 7.13. The van der Waals surface area contributed by atoms with E-state index < -0.39 is 0 Å². The van der Waals surface area contributed by atoms with Crippen LogP contribution in [0.2, 0.25) is 0 Å². The second-order valence-electron chi connectivity index (χ2n) is 6.82. The number of H-pyrrole nitrogens is 1. The number of aromatic amines is 1. The number of thiazole rings is 1. The summed E-state index contributed by atoms with van der Waals surface area (Å²) in [5, 5.41) is 11.6. The first-order valence-corrected chi connectivity index (χ1v) is 10.2. The molecule has 6 nitrogen and oxygen atoms in total.